The first-order valence-corrected chi connectivity index (χ1v) is 7.19. The molecule has 2 aromatic carbocycles. The fourth-order valence-corrected chi connectivity index (χ4v) is 2.50. The summed E-state index contributed by atoms with van der Waals surface area (Å²) in [4.78, 5) is 14.7. The van der Waals surface area contributed by atoms with Crippen LogP contribution in [0, 0.1) is 24.0 Å². The Morgan fingerprint density at radius 3 is 2.61 bits per heavy atom. The molecule has 0 aliphatic heterocycles. The predicted octanol–water partition coefficient (Wildman–Crippen LogP) is 4.58. The van der Waals surface area contributed by atoms with Crippen molar-refractivity contribution in [2.75, 3.05) is 0 Å². The molecule has 7 heteroatoms. The predicted molar refractivity (Wildman–Crippen MR) is 86.3 cm³/mol. The number of hydrogen-bond donors (Lipinski definition) is 0. The lowest BCUT2D eigenvalue weighted by Gasteiger charge is -2.01. The number of nitrogens with zero attached hydrogens (tertiary/aromatic N) is 3. The van der Waals surface area contributed by atoms with E-state index in [-0.39, 0.29) is 11.6 Å². The van der Waals surface area contributed by atoms with E-state index in [0.717, 1.165) is 16.7 Å². The van der Waals surface area contributed by atoms with Gasteiger partial charge in [0.1, 0.15) is 0 Å². The van der Waals surface area contributed by atoms with E-state index >= 15 is 0 Å². The third-order valence-corrected chi connectivity index (χ3v) is 3.77. The molecule has 0 atom stereocenters. The van der Waals surface area contributed by atoms with Crippen LogP contribution in [0.5, 0.6) is 0 Å². The zero-order valence-corrected chi connectivity index (χ0v) is 13.2. The van der Waals surface area contributed by atoms with E-state index in [0.29, 0.717) is 16.4 Å². The summed E-state index contributed by atoms with van der Waals surface area (Å²) in [6, 6.07) is 9.98. The second-order valence-electron chi connectivity index (χ2n) is 5.16. The second-order valence-corrected chi connectivity index (χ2v) is 5.57. The Morgan fingerprint density at radius 2 is 1.91 bits per heavy atom. The van der Waals surface area contributed by atoms with Gasteiger partial charge in [0.15, 0.2) is 0 Å². The van der Waals surface area contributed by atoms with E-state index in [2.05, 4.69) is 10.1 Å². The molecule has 6 nitrogen and oxygen atoms in total. The molecule has 0 aliphatic carbocycles. The van der Waals surface area contributed by atoms with Crippen LogP contribution >= 0.6 is 11.6 Å². The number of non-ortho nitro benzene ring substituents is 1. The minimum Gasteiger partial charge on any atom is -0.334 e. The highest BCUT2D eigenvalue weighted by atomic mass is 35.5. The summed E-state index contributed by atoms with van der Waals surface area (Å²) in [5.41, 5.74) is 3.24. The topological polar surface area (TPSA) is 82.1 Å². The average Bonchev–Trinajstić information content (AvgIpc) is 2.96. The SMILES string of the molecule is Cc1ccc(-c2noc(-c3cc([N+](=O)[O-])ccc3Cl)n2)c(C)c1. The monoisotopic (exact) mass is 329 g/mol. The molecule has 0 saturated carbocycles. The second kappa shape index (κ2) is 5.81. The molecule has 0 aliphatic rings. The normalized spacial score (nSPS) is 10.7. The zero-order valence-electron chi connectivity index (χ0n) is 12.4. The average molecular weight is 330 g/mol. The van der Waals surface area contributed by atoms with E-state index in [1.807, 2.05) is 32.0 Å². The molecule has 0 radical (unpaired) electrons. The third-order valence-electron chi connectivity index (χ3n) is 3.44. The number of benzene rings is 2. The fourth-order valence-electron chi connectivity index (χ4n) is 2.30. The first-order chi connectivity index (χ1) is 11.0. The molecule has 116 valence electrons. The first kappa shape index (κ1) is 15.2. The van der Waals surface area contributed by atoms with Gasteiger partial charge in [-0.2, -0.15) is 4.98 Å². The summed E-state index contributed by atoms with van der Waals surface area (Å²) in [5.74, 6) is 0.564. The van der Waals surface area contributed by atoms with Gasteiger partial charge in [-0.1, -0.05) is 40.5 Å². The van der Waals surface area contributed by atoms with E-state index < -0.39 is 4.92 Å². The fraction of sp³-hybridized carbons (Fsp3) is 0.125. The molecule has 3 rings (SSSR count). The lowest BCUT2D eigenvalue weighted by atomic mass is 10.1. The maximum Gasteiger partial charge on any atom is 0.270 e. The lowest BCUT2D eigenvalue weighted by molar-refractivity contribution is -0.384. The van der Waals surface area contributed by atoms with Gasteiger partial charge in [0, 0.05) is 17.7 Å². The van der Waals surface area contributed by atoms with Crippen molar-refractivity contribution in [1.29, 1.82) is 0 Å². The molecular weight excluding hydrogens is 318 g/mol. The maximum absolute atomic E-state index is 10.9. The highest BCUT2D eigenvalue weighted by Gasteiger charge is 2.18. The molecule has 0 N–H and O–H groups in total. The summed E-state index contributed by atoms with van der Waals surface area (Å²) in [5, 5.41) is 15.2. The molecule has 0 spiro atoms. The van der Waals surface area contributed by atoms with Crippen molar-refractivity contribution in [3.05, 3.63) is 62.7 Å². The lowest BCUT2D eigenvalue weighted by Crippen LogP contribution is -1.90. The Hall–Kier alpha value is -2.73. The summed E-state index contributed by atoms with van der Waals surface area (Å²) in [6.45, 7) is 3.96. The maximum atomic E-state index is 10.9. The van der Waals surface area contributed by atoms with Crippen molar-refractivity contribution in [2.45, 2.75) is 13.8 Å². The summed E-state index contributed by atoms with van der Waals surface area (Å²) >= 11 is 6.09. The molecular formula is C16H12ClN3O3. The van der Waals surface area contributed by atoms with Gasteiger partial charge >= 0.3 is 0 Å². The molecule has 3 aromatic rings. The van der Waals surface area contributed by atoms with Crippen LogP contribution in [-0.4, -0.2) is 15.1 Å². The van der Waals surface area contributed by atoms with Crippen LogP contribution < -0.4 is 0 Å². The van der Waals surface area contributed by atoms with E-state index in [9.17, 15) is 10.1 Å². The largest absolute Gasteiger partial charge is 0.334 e. The van der Waals surface area contributed by atoms with Gasteiger partial charge in [-0.15, -0.1) is 0 Å². The molecule has 0 saturated heterocycles. The summed E-state index contributed by atoms with van der Waals surface area (Å²) in [6.07, 6.45) is 0. The molecule has 0 unspecified atom stereocenters. The Labute approximate surface area is 136 Å². The van der Waals surface area contributed by atoms with Crippen LogP contribution in [0.2, 0.25) is 5.02 Å². The van der Waals surface area contributed by atoms with Gasteiger partial charge in [-0.3, -0.25) is 10.1 Å². The Kier molecular flexibility index (Phi) is 3.83. The molecule has 1 heterocycles. The molecule has 0 bridgehead atoms. The Balaban J connectivity index is 2.05. The molecule has 0 fully saturated rings. The number of nitro groups is 1. The van der Waals surface area contributed by atoms with Crippen LogP contribution in [0.3, 0.4) is 0 Å². The van der Waals surface area contributed by atoms with Crippen LogP contribution in [0.15, 0.2) is 40.9 Å². The molecule has 1 aromatic heterocycles. The van der Waals surface area contributed by atoms with Crippen molar-refractivity contribution < 1.29 is 9.45 Å². The number of rotatable bonds is 3. The molecule has 0 amide bonds. The van der Waals surface area contributed by atoms with Gasteiger partial charge in [-0.05, 0) is 25.5 Å². The standard InChI is InChI=1S/C16H12ClN3O3/c1-9-3-5-12(10(2)7-9)15-18-16(23-19-15)13-8-11(20(21)22)4-6-14(13)17/h3-8H,1-2H3. The number of hydrogen-bond acceptors (Lipinski definition) is 5. The van der Waals surface area contributed by atoms with E-state index in [1.165, 1.54) is 18.2 Å². The van der Waals surface area contributed by atoms with Crippen LogP contribution in [0.4, 0.5) is 5.69 Å². The van der Waals surface area contributed by atoms with Crippen molar-refractivity contribution in [1.82, 2.24) is 10.1 Å². The summed E-state index contributed by atoms with van der Waals surface area (Å²) < 4.78 is 5.24. The Bertz CT molecular complexity index is 905. The van der Waals surface area contributed by atoms with Gasteiger partial charge in [0.05, 0.1) is 15.5 Å². The quantitative estimate of drug-likeness (QED) is 0.518. The van der Waals surface area contributed by atoms with Crippen molar-refractivity contribution >= 4 is 17.3 Å². The smallest absolute Gasteiger partial charge is 0.270 e. The summed E-state index contributed by atoms with van der Waals surface area (Å²) in [7, 11) is 0. The highest BCUT2D eigenvalue weighted by molar-refractivity contribution is 6.33. The van der Waals surface area contributed by atoms with Crippen LogP contribution in [0.25, 0.3) is 22.8 Å². The number of aryl methyl sites for hydroxylation is 2. The van der Waals surface area contributed by atoms with Crippen LogP contribution in [-0.2, 0) is 0 Å². The van der Waals surface area contributed by atoms with Gasteiger partial charge in [0.25, 0.3) is 11.6 Å². The minimum absolute atomic E-state index is 0.0873. The van der Waals surface area contributed by atoms with Gasteiger partial charge < -0.3 is 4.52 Å². The number of halogens is 1. The van der Waals surface area contributed by atoms with Crippen molar-refractivity contribution in [2.24, 2.45) is 0 Å². The van der Waals surface area contributed by atoms with Crippen molar-refractivity contribution in [3.8, 4) is 22.8 Å². The number of aromatic nitrogens is 2. The molecule has 23 heavy (non-hydrogen) atoms. The zero-order chi connectivity index (χ0) is 16.6. The van der Waals surface area contributed by atoms with Crippen LogP contribution in [0.1, 0.15) is 11.1 Å². The number of nitro benzene ring substituents is 1. The van der Waals surface area contributed by atoms with Gasteiger partial charge in [0.2, 0.25) is 5.82 Å². The van der Waals surface area contributed by atoms with E-state index in [4.69, 9.17) is 16.1 Å². The third kappa shape index (κ3) is 2.93. The minimum atomic E-state index is -0.499. The first-order valence-electron chi connectivity index (χ1n) is 6.81. The highest BCUT2D eigenvalue weighted by Crippen LogP contribution is 2.32. The van der Waals surface area contributed by atoms with E-state index in [1.54, 1.807) is 0 Å². The van der Waals surface area contributed by atoms with Gasteiger partial charge in [-0.25, -0.2) is 0 Å². The van der Waals surface area contributed by atoms with Crippen molar-refractivity contribution in [3.63, 3.8) is 0 Å². The Morgan fingerprint density at radius 1 is 1.13 bits per heavy atom.